The number of imide groups is 1. The number of Topliss-reactive ketones (excluding diaryl/α,β-unsaturated/α-hetero) is 1. The highest BCUT2D eigenvalue weighted by atomic mass is 16.5. The smallest absolute Gasteiger partial charge is 0.306 e. The van der Waals surface area contributed by atoms with Gasteiger partial charge >= 0.3 is 5.97 Å². The van der Waals surface area contributed by atoms with Gasteiger partial charge in [-0.1, -0.05) is 30.3 Å². The maximum absolute atomic E-state index is 12.3. The molecule has 29 heavy (non-hydrogen) atoms. The van der Waals surface area contributed by atoms with E-state index in [0.29, 0.717) is 16.7 Å². The van der Waals surface area contributed by atoms with Crippen molar-refractivity contribution in [1.82, 2.24) is 4.90 Å². The van der Waals surface area contributed by atoms with E-state index in [1.165, 1.54) is 0 Å². The SMILES string of the molecule is O=C(CCCN1C(=O)c2ccccc2C1=O)OCC(=O)c1cc2ccccc2o1. The Morgan fingerprint density at radius 1 is 0.931 bits per heavy atom. The van der Waals surface area contributed by atoms with E-state index in [1.54, 1.807) is 42.5 Å². The van der Waals surface area contributed by atoms with Gasteiger partial charge in [-0.25, -0.2) is 0 Å². The van der Waals surface area contributed by atoms with E-state index in [9.17, 15) is 19.2 Å². The molecule has 0 unspecified atom stereocenters. The fourth-order valence-electron chi connectivity index (χ4n) is 3.23. The van der Waals surface area contributed by atoms with E-state index >= 15 is 0 Å². The molecule has 2 aromatic carbocycles. The van der Waals surface area contributed by atoms with Crippen LogP contribution in [-0.4, -0.2) is 41.6 Å². The number of hydrogen-bond acceptors (Lipinski definition) is 6. The number of amides is 2. The molecule has 146 valence electrons. The van der Waals surface area contributed by atoms with Crippen molar-refractivity contribution in [2.24, 2.45) is 0 Å². The van der Waals surface area contributed by atoms with E-state index < -0.39 is 18.4 Å². The third-order valence-corrected chi connectivity index (χ3v) is 4.71. The molecule has 4 rings (SSSR count). The second-order valence-corrected chi connectivity index (χ2v) is 6.64. The summed E-state index contributed by atoms with van der Waals surface area (Å²) in [4.78, 5) is 49.7. The van der Waals surface area contributed by atoms with Crippen LogP contribution < -0.4 is 0 Å². The summed E-state index contributed by atoms with van der Waals surface area (Å²) in [7, 11) is 0. The first-order valence-electron chi connectivity index (χ1n) is 9.17. The minimum absolute atomic E-state index is 0.0131. The summed E-state index contributed by atoms with van der Waals surface area (Å²) in [5, 5.41) is 0.795. The van der Waals surface area contributed by atoms with Crippen LogP contribution in [0.2, 0.25) is 0 Å². The maximum Gasteiger partial charge on any atom is 0.306 e. The van der Waals surface area contributed by atoms with E-state index in [4.69, 9.17) is 9.15 Å². The number of carbonyl (C=O) groups is 4. The summed E-state index contributed by atoms with van der Waals surface area (Å²) in [5.74, 6) is -1.61. The standard InChI is InChI=1S/C22H17NO6/c24-17(19-12-14-6-1-4-9-18(14)29-19)13-28-20(25)10-5-11-23-21(26)15-7-2-3-8-16(15)22(23)27/h1-4,6-9,12H,5,10-11,13H2. The number of benzene rings is 2. The summed E-state index contributed by atoms with van der Waals surface area (Å²) < 4.78 is 10.4. The highest BCUT2D eigenvalue weighted by Crippen LogP contribution is 2.23. The molecular formula is C22H17NO6. The first-order chi connectivity index (χ1) is 14.0. The number of hydrogen-bond donors (Lipinski definition) is 0. The van der Waals surface area contributed by atoms with Gasteiger partial charge in [0.15, 0.2) is 12.4 Å². The molecule has 0 bridgehead atoms. The fraction of sp³-hybridized carbons (Fsp3) is 0.182. The second kappa shape index (κ2) is 7.71. The first kappa shape index (κ1) is 18.6. The number of ether oxygens (including phenoxy) is 1. The van der Waals surface area contributed by atoms with Gasteiger partial charge in [-0.2, -0.15) is 0 Å². The topological polar surface area (TPSA) is 93.9 Å². The minimum atomic E-state index is -0.578. The normalized spacial score (nSPS) is 13.0. The zero-order valence-electron chi connectivity index (χ0n) is 15.4. The molecule has 0 radical (unpaired) electrons. The molecule has 7 nitrogen and oxygen atoms in total. The molecule has 0 atom stereocenters. The molecule has 0 fully saturated rings. The monoisotopic (exact) mass is 391 g/mol. The van der Waals surface area contributed by atoms with Gasteiger partial charge in [0.1, 0.15) is 5.58 Å². The van der Waals surface area contributed by atoms with Crippen molar-refractivity contribution in [1.29, 1.82) is 0 Å². The van der Waals surface area contributed by atoms with Gasteiger partial charge in [-0.15, -0.1) is 0 Å². The lowest BCUT2D eigenvalue weighted by Crippen LogP contribution is -2.31. The van der Waals surface area contributed by atoms with Crippen molar-refractivity contribution in [3.63, 3.8) is 0 Å². The van der Waals surface area contributed by atoms with Crippen LogP contribution in [0.25, 0.3) is 11.0 Å². The molecule has 2 amide bonds. The number of rotatable bonds is 7. The van der Waals surface area contributed by atoms with Gasteiger partial charge in [0.2, 0.25) is 5.78 Å². The van der Waals surface area contributed by atoms with Crippen molar-refractivity contribution >= 4 is 34.5 Å². The van der Waals surface area contributed by atoms with Crippen molar-refractivity contribution in [2.45, 2.75) is 12.8 Å². The molecule has 1 aliphatic rings. The van der Waals surface area contributed by atoms with Crippen molar-refractivity contribution in [2.75, 3.05) is 13.2 Å². The predicted octanol–water partition coefficient (Wildman–Crippen LogP) is 3.24. The number of furan rings is 1. The highest BCUT2D eigenvalue weighted by Gasteiger charge is 2.34. The van der Waals surface area contributed by atoms with Crippen LogP contribution in [0.1, 0.15) is 44.1 Å². The van der Waals surface area contributed by atoms with Gasteiger partial charge < -0.3 is 9.15 Å². The van der Waals surface area contributed by atoms with Crippen LogP contribution in [0.5, 0.6) is 0 Å². The Bertz CT molecular complexity index is 1060. The number of nitrogens with zero attached hydrogens (tertiary/aromatic N) is 1. The molecule has 1 aromatic heterocycles. The Morgan fingerprint density at radius 3 is 2.28 bits per heavy atom. The van der Waals surface area contributed by atoms with Crippen LogP contribution in [0.15, 0.2) is 59.0 Å². The molecule has 2 heterocycles. The lowest BCUT2D eigenvalue weighted by atomic mass is 10.1. The number of esters is 1. The van der Waals surface area contributed by atoms with E-state index in [1.807, 2.05) is 12.1 Å². The molecule has 0 saturated heterocycles. The molecule has 0 aliphatic carbocycles. The highest BCUT2D eigenvalue weighted by molar-refractivity contribution is 6.21. The maximum atomic E-state index is 12.3. The Kier molecular flexibility index (Phi) is 4.95. The molecule has 0 N–H and O–H groups in total. The third-order valence-electron chi connectivity index (χ3n) is 4.71. The quantitative estimate of drug-likeness (QED) is 0.349. The summed E-state index contributed by atoms with van der Waals surface area (Å²) in [6.07, 6.45) is 0.240. The van der Waals surface area contributed by atoms with Crippen molar-refractivity contribution < 1.29 is 28.3 Å². The minimum Gasteiger partial charge on any atom is -0.457 e. The molecule has 0 saturated carbocycles. The average Bonchev–Trinajstić information content (AvgIpc) is 3.27. The Labute approximate surface area is 165 Å². The van der Waals surface area contributed by atoms with Gasteiger partial charge in [-0.05, 0) is 30.7 Å². The van der Waals surface area contributed by atoms with Gasteiger partial charge in [0, 0.05) is 18.4 Å². The molecule has 1 aliphatic heterocycles. The summed E-state index contributed by atoms with van der Waals surface area (Å²) in [6, 6.07) is 15.4. The van der Waals surface area contributed by atoms with Crippen LogP contribution >= 0.6 is 0 Å². The number of fused-ring (bicyclic) bond motifs is 2. The van der Waals surface area contributed by atoms with E-state index in [0.717, 1.165) is 10.3 Å². The Balaban J connectivity index is 1.25. The second-order valence-electron chi connectivity index (χ2n) is 6.64. The average molecular weight is 391 g/mol. The van der Waals surface area contributed by atoms with Crippen LogP contribution in [0.3, 0.4) is 0 Å². The Morgan fingerprint density at radius 2 is 1.59 bits per heavy atom. The van der Waals surface area contributed by atoms with Crippen LogP contribution in [0, 0.1) is 0 Å². The molecule has 3 aromatic rings. The largest absolute Gasteiger partial charge is 0.457 e. The molecule has 7 heteroatoms. The van der Waals surface area contributed by atoms with Crippen LogP contribution in [0.4, 0.5) is 0 Å². The molecule has 0 spiro atoms. The Hall–Kier alpha value is -3.74. The third kappa shape index (κ3) is 3.67. The summed E-state index contributed by atoms with van der Waals surface area (Å²) >= 11 is 0. The summed E-state index contributed by atoms with van der Waals surface area (Å²) in [6.45, 7) is -0.315. The van der Waals surface area contributed by atoms with Crippen molar-refractivity contribution in [3.8, 4) is 0 Å². The zero-order chi connectivity index (χ0) is 20.4. The predicted molar refractivity (Wildman–Crippen MR) is 103 cm³/mol. The van der Waals surface area contributed by atoms with Gasteiger partial charge in [0.25, 0.3) is 11.8 Å². The summed E-state index contributed by atoms with van der Waals surface area (Å²) in [5.41, 5.74) is 1.33. The van der Waals surface area contributed by atoms with Crippen LogP contribution in [-0.2, 0) is 9.53 Å². The van der Waals surface area contributed by atoms with E-state index in [2.05, 4.69) is 0 Å². The first-order valence-corrected chi connectivity index (χ1v) is 9.17. The van der Waals surface area contributed by atoms with E-state index in [-0.39, 0.29) is 37.0 Å². The van der Waals surface area contributed by atoms with Gasteiger partial charge in [-0.3, -0.25) is 24.1 Å². The van der Waals surface area contributed by atoms with Crippen molar-refractivity contribution in [3.05, 3.63) is 71.5 Å². The zero-order valence-corrected chi connectivity index (χ0v) is 15.4. The lowest BCUT2D eigenvalue weighted by molar-refractivity contribution is -0.142. The number of ketones is 1. The number of carbonyl (C=O) groups excluding carboxylic acids is 4. The lowest BCUT2D eigenvalue weighted by Gasteiger charge is -2.13. The van der Waals surface area contributed by atoms with Gasteiger partial charge in [0.05, 0.1) is 11.1 Å². The molecular weight excluding hydrogens is 374 g/mol. The number of para-hydroxylation sites is 1. The fourth-order valence-corrected chi connectivity index (χ4v) is 3.23.